The number of aliphatic hydroxyl groups excluding tert-OH is 1. The Morgan fingerprint density at radius 3 is 2.79 bits per heavy atom. The van der Waals surface area contributed by atoms with E-state index >= 15 is 0 Å². The Balaban J connectivity index is 2.07. The number of carbonyl (C=O) groups excluding carboxylic acids is 1. The maximum atomic E-state index is 11.7. The number of amides is 2. The average molecular weight is 272 g/mol. The van der Waals surface area contributed by atoms with Crippen molar-refractivity contribution in [2.75, 3.05) is 26.4 Å². The topological polar surface area (TPSA) is 70.6 Å². The number of urea groups is 1. The van der Waals surface area contributed by atoms with Crippen LogP contribution in [0.15, 0.2) is 0 Å². The van der Waals surface area contributed by atoms with Gasteiger partial charge >= 0.3 is 6.03 Å². The molecule has 1 fully saturated rings. The molecule has 0 radical (unpaired) electrons. The van der Waals surface area contributed by atoms with Gasteiger partial charge < -0.3 is 20.5 Å². The minimum absolute atomic E-state index is 0.0475. The first-order valence-electron chi connectivity index (χ1n) is 7.36. The second-order valence-corrected chi connectivity index (χ2v) is 5.59. The zero-order valence-electron chi connectivity index (χ0n) is 12.2. The molecule has 2 amide bonds. The second-order valence-electron chi connectivity index (χ2n) is 5.59. The fraction of sp³-hybridized carbons (Fsp3) is 0.929. The summed E-state index contributed by atoms with van der Waals surface area (Å²) in [6, 6.07) is 0.232. The molecule has 0 aromatic heterocycles. The van der Waals surface area contributed by atoms with E-state index in [1.54, 1.807) is 0 Å². The molecule has 0 spiro atoms. The van der Waals surface area contributed by atoms with Crippen LogP contribution in [0.2, 0.25) is 0 Å². The molecule has 1 saturated carbocycles. The number of hydrogen-bond donors (Lipinski definition) is 3. The maximum absolute atomic E-state index is 11.7. The molecule has 0 aromatic rings. The Morgan fingerprint density at radius 1 is 1.32 bits per heavy atom. The predicted molar refractivity (Wildman–Crippen MR) is 75.0 cm³/mol. The Morgan fingerprint density at radius 2 is 2.11 bits per heavy atom. The third kappa shape index (κ3) is 6.78. The first-order chi connectivity index (χ1) is 9.13. The lowest BCUT2D eigenvalue weighted by atomic mass is 9.80. The van der Waals surface area contributed by atoms with Crippen LogP contribution in [0.5, 0.6) is 0 Å². The molecule has 3 N–H and O–H groups in total. The minimum atomic E-state index is -0.0754. The van der Waals surface area contributed by atoms with Crippen molar-refractivity contribution in [3.8, 4) is 0 Å². The fourth-order valence-electron chi connectivity index (χ4n) is 2.64. The molecule has 1 rings (SSSR count). The Kier molecular flexibility index (Phi) is 7.82. The van der Waals surface area contributed by atoms with Crippen LogP contribution in [-0.2, 0) is 4.74 Å². The zero-order valence-corrected chi connectivity index (χ0v) is 12.2. The van der Waals surface area contributed by atoms with E-state index in [0.717, 1.165) is 18.8 Å². The van der Waals surface area contributed by atoms with Crippen molar-refractivity contribution in [3.05, 3.63) is 0 Å². The van der Waals surface area contributed by atoms with Crippen LogP contribution in [0.4, 0.5) is 4.79 Å². The number of carbonyl (C=O) groups is 1. The molecule has 112 valence electrons. The van der Waals surface area contributed by atoms with Gasteiger partial charge in [-0.3, -0.25) is 0 Å². The van der Waals surface area contributed by atoms with Crippen molar-refractivity contribution in [1.82, 2.24) is 10.6 Å². The highest BCUT2D eigenvalue weighted by molar-refractivity contribution is 5.74. The first kappa shape index (κ1) is 16.2. The van der Waals surface area contributed by atoms with E-state index in [-0.39, 0.29) is 12.6 Å². The van der Waals surface area contributed by atoms with Gasteiger partial charge in [0.1, 0.15) is 0 Å². The van der Waals surface area contributed by atoms with Crippen molar-refractivity contribution >= 4 is 6.03 Å². The molecule has 0 saturated heterocycles. The molecular weight excluding hydrogens is 244 g/mol. The number of ether oxygens (including phenoxy) is 1. The highest BCUT2D eigenvalue weighted by Crippen LogP contribution is 2.28. The number of nitrogens with one attached hydrogen (secondary N) is 2. The summed E-state index contributed by atoms with van der Waals surface area (Å²) in [5, 5.41) is 14.4. The largest absolute Gasteiger partial charge is 0.394 e. The van der Waals surface area contributed by atoms with Gasteiger partial charge in [-0.2, -0.15) is 0 Å². The van der Waals surface area contributed by atoms with Crippen molar-refractivity contribution in [2.45, 2.75) is 45.6 Å². The molecule has 3 atom stereocenters. The molecule has 5 heteroatoms. The molecule has 1 aliphatic carbocycles. The van der Waals surface area contributed by atoms with Crippen LogP contribution >= 0.6 is 0 Å². The third-order valence-electron chi connectivity index (χ3n) is 3.73. The normalized spacial score (nSPS) is 27.0. The highest BCUT2D eigenvalue weighted by Gasteiger charge is 2.26. The van der Waals surface area contributed by atoms with E-state index in [4.69, 9.17) is 9.84 Å². The van der Waals surface area contributed by atoms with E-state index < -0.39 is 0 Å². The summed E-state index contributed by atoms with van der Waals surface area (Å²) in [7, 11) is 0. The lowest BCUT2D eigenvalue weighted by Gasteiger charge is -2.33. The van der Waals surface area contributed by atoms with Crippen LogP contribution < -0.4 is 10.6 Å². The van der Waals surface area contributed by atoms with Crippen molar-refractivity contribution in [2.24, 2.45) is 11.8 Å². The molecule has 3 unspecified atom stereocenters. The second kappa shape index (κ2) is 9.15. The van der Waals surface area contributed by atoms with Gasteiger partial charge in [-0.25, -0.2) is 4.79 Å². The highest BCUT2D eigenvalue weighted by atomic mass is 16.5. The van der Waals surface area contributed by atoms with Crippen molar-refractivity contribution < 1.29 is 14.6 Å². The molecule has 19 heavy (non-hydrogen) atoms. The van der Waals surface area contributed by atoms with Crippen molar-refractivity contribution in [1.29, 1.82) is 0 Å². The van der Waals surface area contributed by atoms with Gasteiger partial charge in [0.2, 0.25) is 0 Å². The van der Waals surface area contributed by atoms with Crippen LogP contribution in [0.1, 0.15) is 39.5 Å². The summed E-state index contributed by atoms with van der Waals surface area (Å²) in [5.74, 6) is 1.34. The summed E-state index contributed by atoms with van der Waals surface area (Å²) in [6.45, 7) is 6.07. The molecule has 1 aliphatic rings. The third-order valence-corrected chi connectivity index (χ3v) is 3.73. The van der Waals surface area contributed by atoms with Gasteiger partial charge in [0.05, 0.1) is 13.2 Å². The number of rotatable bonds is 7. The maximum Gasteiger partial charge on any atom is 0.315 e. The molecule has 0 aliphatic heterocycles. The minimum Gasteiger partial charge on any atom is -0.394 e. The van der Waals surface area contributed by atoms with Crippen LogP contribution in [0, 0.1) is 11.8 Å². The van der Waals surface area contributed by atoms with Crippen LogP contribution in [0.25, 0.3) is 0 Å². The Hall–Kier alpha value is -0.810. The number of hydrogen-bond acceptors (Lipinski definition) is 3. The van der Waals surface area contributed by atoms with Crippen molar-refractivity contribution in [3.63, 3.8) is 0 Å². The van der Waals surface area contributed by atoms with E-state index in [0.29, 0.717) is 31.7 Å². The van der Waals surface area contributed by atoms with Crippen LogP contribution in [-0.4, -0.2) is 43.5 Å². The van der Waals surface area contributed by atoms with Gasteiger partial charge in [0, 0.05) is 19.2 Å². The molecule has 0 heterocycles. The van der Waals surface area contributed by atoms with E-state index in [1.807, 2.05) is 0 Å². The van der Waals surface area contributed by atoms with Crippen LogP contribution in [0.3, 0.4) is 0 Å². The van der Waals surface area contributed by atoms with Gasteiger partial charge in [-0.05, 0) is 37.5 Å². The fourth-order valence-corrected chi connectivity index (χ4v) is 2.64. The summed E-state index contributed by atoms with van der Waals surface area (Å²) in [4.78, 5) is 11.7. The lowest BCUT2D eigenvalue weighted by Crippen LogP contribution is -2.47. The quantitative estimate of drug-likeness (QED) is 0.615. The smallest absolute Gasteiger partial charge is 0.315 e. The molecule has 0 aromatic carbocycles. The molecule has 0 bridgehead atoms. The lowest BCUT2D eigenvalue weighted by molar-refractivity contribution is 0.0909. The SMILES string of the molecule is CC1CCC(NC(=O)NCCCOCCO)C(C)C1. The predicted octanol–water partition coefficient (Wildman–Crippen LogP) is 1.51. The summed E-state index contributed by atoms with van der Waals surface area (Å²) in [5.41, 5.74) is 0. The summed E-state index contributed by atoms with van der Waals surface area (Å²) < 4.78 is 5.12. The summed E-state index contributed by atoms with van der Waals surface area (Å²) >= 11 is 0. The average Bonchev–Trinajstić information content (AvgIpc) is 2.37. The Bertz CT molecular complexity index is 261. The Labute approximate surface area is 116 Å². The standard InChI is InChI=1S/C14H28N2O3/c1-11-4-5-13(12(2)10-11)16-14(18)15-6-3-8-19-9-7-17/h11-13,17H,3-10H2,1-2H3,(H2,15,16,18). The summed E-state index contributed by atoms with van der Waals surface area (Å²) in [6.07, 6.45) is 4.24. The van der Waals surface area contributed by atoms with Gasteiger partial charge in [-0.15, -0.1) is 0 Å². The van der Waals surface area contributed by atoms with E-state index in [2.05, 4.69) is 24.5 Å². The van der Waals surface area contributed by atoms with Gasteiger partial charge in [0.15, 0.2) is 0 Å². The van der Waals surface area contributed by atoms with E-state index in [9.17, 15) is 4.79 Å². The number of aliphatic hydroxyl groups is 1. The van der Waals surface area contributed by atoms with Gasteiger partial charge in [0.25, 0.3) is 0 Å². The first-order valence-corrected chi connectivity index (χ1v) is 7.36. The zero-order chi connectivity index (χ0) is 14.1. The molecule has 5 nitrogen and oxygen atoms in total. The van der Waals surface area contributed by atoms with Gasteiger partial charge in [-0.1, -0.05) is 13.8 Å². The molecular formula is C14H28N2O3. The monoisotopic (exact) mass is 272 g/mol. The van der Waals surface area contributed by atoms with E-state index in [1.165, 1.54) is 12.8 Å².